The van der Waals surface area contributed by atoms with Crippen LogP contribution in [0.25, 0.3) is 0 Å². The van der Waals surface area contributed by atoms with Crippen LogP contribution in [0.4, 0.5) is 17.1 Å². The Labute approximate surface area is 219 Å². The Morgan fingerprint density at radius 1 is 0.765 bits per heavy atom. The number of rotatable bonds is 5. The summed E-state index contributed by atoms with van der Waals surface area (Å²) in [5.41, 5.74) is 1.03. The van der Waals surface area contributed by atoms with E-state index in [9.17, 15) is 14.4 Å². The molecule has 3 aromatic rings. The molecule has 3 aromatic carbocycles. The zero-order chi connectivity index (χ0) is 24.6. The number of carbonyl (C=O) groups is 3. The summed E-state index contributed by atoms with van der Waals surface area (Å²) in [5.74, 6) is -1.87. The molecule has 4 rings (SSSR count). The molecular formula is C23H12Cl5N3O3. The predicted octanol–water partition coefficient (Wildman–Crippen LogP) is 6.99. The molecule has 34 heavy (non-hydrogen) atoms. The lowest BCUT2D eigenvalue weighted by Crippen LogP contribution is -2.32. The number of hydrogen-bond donors (Lipinski definition) is 2. The SMILES string of the molecule is O=C(Nc1cccc(Cl)c1Cl)c1cccc(NC2=C(Cl)C(=O)N(c3ccc(Cl)c(Cl)c3)C2=O)c1. The molecule has 3 amide bonds. The van der Waals surface area contributed by atoms with Crippen molar-refractivity contribution in [1.82, 2.24) is 0 Å². The first-order valence-corrected chi connectivity index (χ1v) is 11.4. The first kappa shape index (κ1) is 24.4. The molecule has 0 atom stereocenters. The minimum Gasteiger partial charge on any atom is -0.350 e. The highest BCUT2D eigenvalue weighted by atomic mass is 35.5. The van der Waals surface area contributed by atoms with E-state index in [-0.39, 0.29) is 37.0 Å². The number of benzene rings is 3. The first-order chi connectivity index (χ1) is 16.2. The minimum absolute atomic E-state index is 0.145. The number of halogens is 5. The number of nitrogens with zero attached hydrogens (tertiary/aromatic N) is 1. The smallest absolute Gasteiger partial charge is 0.283 e. The van der Waals surface area contributed by atoms with Crippen LogP contribution in [0.3, 0.4) is 0 Å². The van der Waals surface area contributed by atoms with Crippen LogP contribution < -0.4 is 15.5 Å². The second-order valence-corrected chi connectivity index (χ2v) is 8.97. The van der Waals surface area contributed by atoms with Gasteiger partial charge in [0, 0.05) is 11.3 Å². The normalized spacial score (nSPS) is 13.5. The lowest BCUT2D eigenvalue weighted by atomic mass is 10.1. The largest absolute Gasteiger partial charge is 0.350 e. The Bertz CT molecular complexity index is 1390. The van der Waals surface area contributed by atoms with Gasteiger partial charge in [-0.2, -0.15) is 0 Å². The summed E-state index contributed by atoms with van der Waals surface area (Å²) in [6.07, 6.45) is 0. The van der Waals surface area contributed by atoms with Gasteiger partial charge in [0.15, 0.2) is 0 Å². The minimum atomic E-state index is -0.725. The van der Waals surface area contributed by atoms with Gasteiger partial charge >= 0.3 is 0 Å². The highest BCUT2D eigenvalue weighted by Gasteiger charge is 2.39. The van der Waals surface area contributed by atoms with Crippen molar-refractivity contribution in [2.24, 2.45) is 0 Å². The molecule has 0 aliphatic carbocycles. The topological polar surface area (TPSA) is 78.5 Å². The van der Waals surface area contributed by atoms with Crippen molar-refractivity contribution in [2.75, 3.05) is 15.5 Å². The van der Waals surface area contributed by atoms with Crippen molar-refractivity contribution in [3.8, 4) is 0 Å². The van der Waals surface area contributed by atoms with Crippen molar-refractivity contribution in [3.05, 3.63) is 97.0 Å². The number of hydrogen-bond acceptors (Lipinski definition) is 4. The van der Waals surface area contributed by atoms with Gasteiger partial charge in [0.2, 0.25) is 0 Å². The number of anilines is 3. The zero-order valence-electron chi connectivity index (χ0n) is 16.8. The quantitative estimate of drug-likeness (QED) is 0.333. The zero-order valence-corrected chi connectivity index (χ0v) is 20.6. The fraction of sp³-hybridized carbons (Fsp3) is 0. The van der Waals surface area contributed by atoms with Crippen LogP contribution >= 0.6 is 58.0 Å². The van der Waals surface area contributed by atoms with Crippen molar-refractivity contribution in [3.63, 3.8) is 0 Å². The Hall–Kier alpha value is -2.74. The Morgan fingerprint density at radius 3 is 2.24 bits per heavy atom. The van der Waals surface area contributed by atoms with Gasteiger partial charge in [0.25, 0.3) is 17.7 Å². The lowest BCUT2D eigenvalue weighted by molar-refractivity contribution is -0.120. The van der Waals surface area contributed by atoms with E-state index in [0.717, 1.165) is 4.90 Å². The van der Waals surface area contributed by atoms with E-state index in [1.807, 2.05) is 0 Å². The van der Waals surface area contributed by atoms with Crippen LogP contribution in [0.1, 0.15) is 10.4 Å². The fourth-order valence-corrected chi connectivity index (χ4v) is 4.00. The first-order valence-electron chi connectivity index (χ1n) is 9.53. The standard InChI is InChI=1S/C23H12Cl5N3O3/c24-14-8-7-13(10-16(14)26)31-22(33)19(28)20(23(31)34)29-12-4-1-3-11(9-12)21(32)30-17-6-2-5-15(25)18(17)27/h1-10,29H,(H,30,32). The molecule has 0 saturated carbocycles. The maximum absolute atomic E-state index is 13.0. The van der Waals surface area contributed by atoms with E-state index in [1.165, 1.54) is 24.3 Å². The molecule has 1 aliphatic heterocycles. The van der Waals surface area contributed by atoms with E-state index in [2.05, 4.69) is 10.6 Å². The van der Waals surface area contributed by atoms with E-state index >= 15 is 0 Å². The molecule has 0 unspecified atom stereocenters. The number of imide groups is 1. The number of carbonyl (C=O) groups excluding carboxylic acids is 3. The van der Waals surface area contributed by atoms with Crippen molar-refractivity contribution < 1.29 is 14.4 Å². The molecule has 0 aromatic heterocycles. The third kappa shape index (κ3) is 4.73. The average Bonchev–Trinajstić information content (AvgIpc) is 3.02. The molecule has 172 valence electrons. The molecule has 6 nitrogen and oxygen atoms in total. The Morgan fingerprint density at radius 2 is 1.50 bits per heavy atom. The van der Waals surface area contributed by atoms with Crippen molar-refractivity contribution in [2.45, 2.75) is 0 Å². The molecule has 0 bridgehead atoms. The van der Waals surface area contributed by atoms with Gasteiger partial charge in [-0.15, -0.1) is 0 Å². The molecule has 1 aliphatic rings. The van der Waals surface area contributed by atoms with Crippen LogP contribution in [0, 0.1) is 0 Å². The Kier molecular flexibility index (Phi) is 7.07. The maximum Gasteiger partial charge on any atom is 0.283 e. The molecule has 11 heteroatoms. The second-order valence-electron chi connectivity index (χ2n) is 6.99. The van der Waals surface area contributed by atoms with Gasteiger partial charge in [-0.1, -0.05) is 70.1 Å². The van der Waals surface area contributed by atoms with Gasteiger partial charge < -0.3 is 10.6 Å². The molecule has 0 saturated heterocycles. The second kappa shape index (κ2) is 9.86. The van der Waals surface area contributed by atoms with Gasteiger partial charge in [0.1, 0.15) is 10.7 Å². The third-order valence-corrected chi connectivity index (χ3v) is 6.69. The highest BCUT2D eigenvalue weighted by molar-refractivity contribution is 6.53. The average molecular weight is 556 g/mol. The van der Waals surface area contributed by atoms with Crippen LogP contribution in [-0.4, -0.2) is 17.7 Å². The van der Waals surface area contributed by atoms with E-state index in [0.29, 0.717) is 16.4 Å². The van der Waals surface area contributed by atoms with Gasteiger partial charge in [0.05, 0.1) is 31.5 Å². The summed E-state index contributed by atoms with van der Waals surface area (Å²) in [4.78, 5) is 39.2. The molecular weight excluding hydrogens is 544 g/mol. The summed E-state index contributed by atoms with van der Waals surface area (Å²) in [5, 5.41) is 6.15. The molecule has 2 N–H and O–H groups in total. The predicted molar refractivity (Wildman–Crippen MR) is 136 cm³/mol. The van der Waals surface area contributed by atoms with Crippen LogP contribution in [0.2, 0.25) is 20.1 Å². The lowest BCUT2D eigenvalue weighted by Gasteiger charge is -2.16. The number of amides is 3. The van der Waals surface area contributed by atoms with Crippen molar-refractivity contribution in [1.29, 1.82) is 0 Å². The van der Waals surface area contributed by atoms with Gasteiger partial charge in [-0.05, 0) is 48.5 Å². The maximum atomic E-state index is 13.0. The van der Waals surface area contributed by atoms with E-state index < -0.39 is 17.7 Å². The van der Waals surface area contributed by atoms with Crippen molar-refractivity contribution >= 4 is 92.8 Å². The molecule has 1 heterocycles. The Balaban J connectivity index is 1.56. The van der Waals surface area contributed by atoms with E-state index in [4.69, 9.17) is 58.0 Å². The monoisotopic (exact) mass is 553 g/mol. The summed E-state index contributed by atoms with van der Waals surface area (Å²) in [6, 6.07) is 15.5. The van der Waals surface area contributed by atoms with Gasteiger partial charge in [-0.25, -0.2) is 4.90 Å². The summed E-state index contributed by atoms with van der Waals surface area (Å²) in [6.45, 7) is 0. The summed E-state index contributed by atoms with van der Waals surface area (Å²) < 4.78 is 0. The van der Waals surface area contributed by atoms with Crippen LogP contribution in [0.5, 0.6) is 0 Å². The van der Waals surface area contributed by atoms with Crippen LogP contribution in [-0.2, 0) is 9.59 Å². The third-order valence-electron chi connectivity index (χ3n) is 4.78. The summed E-state index contributed by atoms with van der Waals surface area (Å²) in [7, 11) is 0. The van der Waals surface area contributed by atoms with E-state index in [1.54, 1.807) is 36.4 Å². The van der Waals surface area contributed by atoms with Gasteiger partial charge in [-0.3, -0.25) is 14.4 Å². The molecule has 0 spiro atoms. The molecule has 0 fully saturated rings. The summed E-state index contributed by atoms with van der Waals surface area (Å²) >= 11 is 30.2. The highest BCUT2D eigenvalue weighted by Crippen LogP contribution is 2.34. The van der Waals surface area contributed by atoms with Crippen LogP contribution in [0.15, 0.2) is 71.4 Å². The molecule has 0 radical (unpaired) electrons. The number of nitrogens with one attached hydrogen (secondary N) is 2. The fourth-order valence-electron chi connectivity index (χ4n) is 3.15.